The number of hydrogen-bond acceptors (Lipinski definition) is 15. The van der Waals surface area contributed by atoms with Gasteiger partial charge in [-0.25, -0.2) is 4.79 Å². The molecule has 0 radical (unpaired) electrons. The minimum Gasteiger partial charge on any atom is -0.458 e. The predicted octanol–water partition coefficient (Wildman–Crippen LogP) is 2.79. The van der Waals surface area contributed by atoms with Gasteiger partial charge in [-0.1, -0.05) is 13.8 Å². The summed E-state index contributed by atoms with van der Waals surface area (Å²) in [5, 5.41) is 57.5. The van der Waals surface area contributed by atoms with Gasteiger partial charge in [0.25, 0.3) is 0 Å². The molecule has 4 aliphatic carbocycles. The lowest BCUT2D eigenvalue weighted by Gasteiger charge is -2.65. The largest absolute Gasteiger partial charge is 0.458 e. The SMILES string of the molecule is CC(=O)OC1C(O)CC(OC2C(O)CC(OC3C(O)CC(O[C@H]4CC[C@@]5(C)[C@H](CC[C@@H]6[C@@H]5C[C@@H](O)[C@]5(C)[C@@H](C7=CC(=O)OC7)CC[C@]65O)C4)OC3C)OC2C)OC1C. The summed E-state index contributed by atoms with van der Waals surface area (Å²) in [7, 11) is 0. The van der Waals surface area contributed by atoms with E-state index in [1.807, 2.05) is 13.8 Å². The third-order valence-corrected chi connectivity index (χ3v) is 16.2. The van der Waals surface area contributed by atoms with Crippen LogP contribution in [0.25, 0.3) is 0 Å². The van der Waals surface area contributed by atoms with Crippen LogP contribution < -0.4 is 0 Å². The number of aliphatic hydroxyl groups excluding tert-OH is 4. The lowest BCUT2D eigenvalue weighted by molar-refractivity contribution is -0.336. The molecule has 15 nitrogen and oxygen atoms in total. The van der Waals surface area contributed by atoms with Gasteiger partial charge in [-0.05, 0) is 107 Å². The molecular weight excluding hydrogens is 756 g/mol. The number of carbonyl (C=O) groups excluding carboxylic acids is 2. The van der Waals surface area contributed by atoms with E-state index in [1.54, 1.807) is 19.9 Å². The molecule has 328 valence electrons. The molecule has 4 saturated carbocycles. The maximum Gasteiger partial charge on any atom is 0.331 e. The van der Waals surface area contributed by atoms with Crippen molar-refractivity contribution in [3.63, 3.8) is 0 Å². The Morgan fingerprint density at radius 1 is 0.724 bits per heavy atom. The molecule has 5 N–H and O–H groups in total. The monoisotopic (exact) mass is 822 g/mol. The minimum absolute atomic E-state index is 0.0551. The normalized spacial score (nSPS) is 53.2. The van der Waals surface area contributed by atoms with E-state index in [1.165, 1.54) is 6.92 Å². The third-order valence-electron chi connectivity index (χ3n) is 16.2. The molecule has 4 heterocycles. The average molecular weight is 823 g/mol. The second-order valence-electron chi connectivity index (χ2n) is 19.4. The molecule has 0 spiro atoms. The molecule has 0 aromatic carbocycles. The highest BCUT2D eigenvalue weighted by atomic mass is 16.7. The van der Waals surface area contributed by atoms with Gasteiger partial charge >= 0.3 is 11.9 Å². The number of hydrogen-bond donors (Lipinski definition) is 5. The minimum atomic E-state index is -1.02. The van der Waals surface area contributed by atoms with Crippen molar-refractivity contribution in [3.8, 4) is 0 Å². The summed E-state index contributed by atoms with van der Waals surface area (Å²) >= 11 is 0. The zero-order valence-electron chi connectivity index (χ0n) is 34.8. The Balaban J connectivity index is 0.823. The Morgan fingerprint density at radius 3 is 1.83 bits per heavy atom. The van der Waals surface area contributed by atoms with Crippen LogP contribution in [0.5, 0.6) is 0 Å². The molecule has 4 aliphatic heterocycles. The molecule has 0 bridgehead atoms. The van der Waals surface area contributed by atoms with Crippen LogP contribution in [0.3, 0.4) is 0 Å². The number of rotatable bonds is 8. The van der Waals surface area contributed by atoms with Gasteiger partial charge in [0, 0.05) is 37.7 Å². The van der Waals surface area contributed by atoms with Crippen molar-refractivity contribution in [3.05, 3.63) is 11.6 Å². The first kappa shape index (κ1) is 42.9. The topological polar surface area (TPSA) is 209 Å². The summed E-state index contributed by atoms with van der Waals surface area (Å²) in [4.78, 5) is 23.4. The van der Waals surface area contributed by atoms with Crippen LogP contribution in [-0.2, 0) is 47.5 Å². The molecular formula is C43H66O15. The fourth-order valence-corrected chi connectivity index (χ4v) is 13.1. The van der Waals surface area contributed by atoms with E-state index in [0.717, 1.165) is 44.1 Å². The Morgan fingerprint density at radius 2 is 1.29 bits per heavy atom. The summed E-state index contributed by atoms with van der Waals surface area (Å²) < 4.78 is 47.6. The Kier molecular flexibility index (Phi) is 12.0. The first-order valence-corrected chi connectivity index (χ1v) is 21.8. The van der Waals surface area contributed by atoms with Crippen LogP contribution in [0, 0.1) is 34.5 Å². The van der Waals surface area contributed by atoms with Crippen molar-refractivity contribution in [2.45, 2.75) is 204 Å². The summed E-state index contributed by atoms with van der Waals surface area (Å²) in [6.07, 6.45) is -1.64. The molecule has 21 atom stereocenters. The number of esters is 2. The molecule has 0 aromatic rings. The molecule has 0 amide bonds. The van der Waals surface area contributed by atoms with Gasteiger partial charge in [-0.2, -0.15) is 0 Å². The Hall–Kier alpha value is -1.76. The molecule has 12 unspecified atom stereocenters. The van der Waals surface area contributed by atoms with E-state index >= 15 is 0 Å². The van der Waals surface area contributed by atoms with Crippen molar-refractivity contribution < 1.29 is 73.0 Å². The van der Waals surface area contributed by atoms with Gasteiger partial charge in [0.1, 0.15) is 18.8 Å². The summed E-state index contributed by atoms with van der Waals surface area (Å²) in [6, 6.07) is 0. The van der Waals surface area contributed by atoms with E-state index in [-0.39, 0.29) is 61.1 Å². The number of carbonyl (C=O) groups is 2. The second-order valence-corrected chi connectivity index (χ2v) is 19.4. The fraction of sp³-hybridized carbons (Fsp3) is 0.907. The summed E-state index contributed by atoms with van der Waals surface area (Å²) in [6.45, 7) is 11.2. The highest BCUT2D eigenvalue weighted by Crippen LogP contribution is 2.70. The van der Waals surface area contributed by atoms with Crippen LogP contribution in [-0.4, -0.2) is 136 Å². The maximum atomic E-state index is 12.6. The molecule has 3 saturated heterocycles. The standard InChI is InChI=1S/C43H66O15/c1-20-38(55-23(4)44)30(45)17-36(53-20)57-40-22(3)54-37(18-32(40)47)58-39-21(2)52-35(16-31(39)46)56-26-9-11-41(5)25(14-26)7-8-28-29(41)15-33(48)42(6)27(10-12-43(28,42)50)24-13-34(49)51-19-24/h13,20-22,25-33,35-40,45-48,50H,7-12,14-19H2,1-6H3/t20?,21?,22?,25-,26+,27-,28-,29+,30?,31?,32?,33-,35?,36?,37?,38?,39?,40?,41+,42+,43+/m1/s1. The molecule has 8 rings (SSSR count). The van der Waals surface area contributed by atoms with Crippen molar-refractivity contribution in [1.82, 2.24) is 0 Å². The summed E-state index contributed by atoms with van der Waals surface area (Å²) in [5.41, 5.74) is -0.916. The maximum absolute atomic E-state index is 12.6. The van der Waals surface area contributed by atoms with E-state index in [2.05, 4.69) is 6.92 Å². The summed E-state index contributed by atoms with van der Waals surface area (Å²) in [5.74, 6) is -0.339. The smallest absolute Gasteiger partial charge is 0.331 e. The average Bonchev–Trinajstić information content (AvgIpc) is 3.70. The van der Waals surface area contributed by atoms with Gasteiger partial charge in [-0.3, -0.25) is 4.79 Å². The number of ether oxygens (including phenoxy) is 8. The van der Waals surface area contributed by atoms with Gasteiger partial charge in [0.15, 0.2) is 25.0 Å². The first-order valence-electron chi connectivity index (χ1n) is 21.8. The van der Waals surface area contributed by atoms with Gasteiger partial charge in [0.05, 0.1) is 54.4 Å². The quantitative estimate of drug-likeness (QED) is 0.176. The lowest BCUT2D eigenvalue weighted by atomic mass is 9.42. The van der Waals surface area contributed by atoms with E-state index in [4.69, 9.17) is 37.9 Å². The Labute approximate surface area is 341 Å². The lowest BCUT2D eigenvalue weighted by Crippen LogP contribution is -2.67. The molecule has 8 aliphatic rings. The van der Waals surface area contributed by atoms with Crippen molar-refractivity contribution in [1.29, 1.82) is 0 Å². The van der Waals surface area contributed by atoms with Crippen LogP contribution >= 0.6 is 0 Å². The van der Waals surface area contributed by atoms with Crippen molar-refractivity contribution in [2.24, 2.45) is 34.5 Å². The zero-order valence-corrected chi connectivity index (χ0v) is 34.8. The predicted molar refractivity (Wildman–Crippen MR) is 202 cm³/mol. The molecule has 58 heavy (non-hydrogen) atoms. The zero-order chi connectivity index (χ0) is 41.5. The Bertz CT molecular complexity index is 1520. The number of cyclic esters (lactones) is 1. The molecule has 0 aromatic heterocycles. The van der Waals surface area contributed by atoms with E-state index in [9.17, 15) is 35.1 Å². The van der Waals surface area contributed by atoms with Gasteiger partial charge in [-0.15, -0.1) is 0 Å². The van der Waals surface area contributed by atoms with Crippen LogP contribution in [0.1, 0.15) is 112 Å². The van der Waals surface area contributed by atoms with Crippen molar-refractivity contribution >= 4 is 11.9 Å². The van der Waals surface area contributed by atoms with Crippen molar-refractivity contribution in [2.75, 3.05) is 6.61 Å². The number of aliphatic hydroxyl groups is 5. The van der Waals surface area contributed by atoms with E-state index < -0.39 is 96.9 Å². The third kappa shape index (κ3) is 7.49. The first-order chi connectivity index (χ1) is 27.4. The second kappa shape index (κ2) is 16.2. The van der Waals surface area contributed by atoms with Crippen LogP contribution in [0.2, 0.25) is 0 Å². The highest BCUT2D eigenvalue weighted by molar-refractivity contribution is 5.85. The fourth-order valence-electron chi connectivity index (χ4n) is 13.1. The molecule has 15 heteroatoms. The molecule has 7 fully saturated rings. The van der Waals surface area contributed by atoms with Crippen LogP contribution in [0.15, 0.2) is 11.6 Å². The highest BCUT2D eigenvalue weighted by Gasteiger charge is 2.71. The number of fused-ring (bicyclic) bond motifs is 5. The van der Waals surface area contributed by atoms with E-state index in [0.29, 0.717) is 18.8 Å². The van der Waals surface area contributed by atoms with Gasteiger partial charge in [0.2, 0.25) is 0 Å². The van der Waals surface area contributed by atoms with Crippen LogP contribution in [0.4, 0.5) is 0 Å². The van der Waals surface area contributed by atoms with Gasteiger partial charge < -0.3 is 63.4 Å².